The van der Waals surface area contributed by atoms with Crippen molar-refractivity contribution >= 4 is 18.3 Å². The molecule has 0 aromatic carbocycles. The van der Waals surface area contributed by atoms with Crippen LogP contribution in [0.3, 0.4) is 0 Å². The summed E-state index contributed by atoms with van der Waals surface area (Å²) in [4.78, 5) is 12.2. The number of carbonyl (C=O) groups excluding carboxylic acids is 1. The van der Waals surface area contributed by atoms with Crippen LogP contribution >= 0.6 is 12.4 Å². The van der Waals surface area contributed by atoms with Crippen LogP contribution in [0.2, 0.25) is 0 Å². The molecule has 0 spiro atoms. The average Bonchev–Trinajstić information content (AvgIpc) is 2.92. The van der Waals surface area contributed by atoms with Gasteiger partial charge in [-0.15, -0.1) is 12.4 Å². The van der Waals surface area contributed by atoms with E-state index in [1.807, 2.05) is 18.7 Å². The fourth-order valence-electron chi connectivity index (χ4n) is 4.18. The van der Waals surface area contributed by atoms with E-state index < -0.39 is 0 Å². The highest BCUT2D eigenvalue weighted by Crippen LogP contribution is 2.32. The Labute approximate surface area is 145 Å². The number of hydrogen-bond donors (Lipinski definition) is 2. The molecule has 0 saturated carbocycles. The normalized spacial score (nSPS) is 26.0. The summed E-state index contributed by atoms with van der Waals surface area (Å²) in [6.45, 7) is 4.83. The fourth-order valence-corrected chi connectivity index (χ4v) is 4.18. The zero-order valence-electron chi connectivity index (χ0n) is 14.4. The summed E-state index contributed by atoms with van der Waals surface area (Å²) >= 11 is 0. The van der Waals surface area contributed by atoms with Crippen LogP contribution in [0.1, 0.15) is 49.1 Å². The minimum absolute atomic E-state index is 0. The van der Waals surface area contributed by atoms with E-state index in [9.17, 15) is 4.79 Å². The summed E-state index contributed by atoms with van der Waals surface area (Å²) in [5.41, 5.74) is 3.54. The van der Waals surface area contributed by atoms with Gasteiger partial charge in [-0.3, -0.25) is 9.48 Å². The van der Waals surface area contributed by atoms with E-state index in [4.69, 9.17) is 0 Å². The molecule has 2 fully saturated rings. The minimum Gasteiger partial charge on any atom is -0.356 e. The second-order valence-electron chi connectivity index (χ2n) is 7.05. The standard InChI is InChI=1S/C17H28N4O.ClH/c1-11-16(12(2)21(3)20-11)6-7-18-17(22)10-13-8-14-4-5-15(9-13)19-14;/h13-15,19H,4-10H2,1-3H3,(H,18,22);1H. The van der Waals surface area contributed by atoms with Gasteiger partial charge in [0.05, 0.1) is 5.69 Å². The topological polar surface area (TPSA) is 59.0 Å². The van der Waals surface area contributed by atoms with Crippen molar-refractivity contribution in [3.63, 3.8) is 0 Å². The number of rotatable bonds is 5. The number of aromatic nitrogens is 2. The number of fused-ring (bicyclic) bond motifs is 2. The molecule has 2 unspecified atom stereocenters. The Bertz CT molecular complexity index is 545. The molecule has 0 radical (unpaired) electrons. The molecule has 6 heteroatoms. The molecule has 0 aliphatic carbocycles. The Hall–Kier alpha value is -1.07. The van der Waals surface area contributed by atoms with Crippen LogP contribution in [0.5, 0.6) is 0 Å². The lowest BCUT2D eigenvalue weighted by atomic mass is 9.89. The van der Waals surface area contributed by atoms with Gasteiger partial charge in [0.25, 0.3) is 0 Å². The lowest BCUT2D eigenvalue weighted by Gasteiger charge is -2.28. The molecule has 5 nitrogen and oxygen atoms in total. The third-order valence-electron chi connectivity index (χ3n) is 5.40. The number of piperidine rings is 1. The summed E-state index contributed by atoms with van der Waals surface area (Å²) in [6, 6.07) is 1.33. The van der Waals surface area contributed by atoms with E-state index in [0.29, 0.717) is 31.0 Å². The monoisotopic (exact) mass is 340 g/mol. The van der Waals surface area contributed by atoms with E-state index in [1.165, 1.54) is 36.9 Å². The van der Waals surface area contributed by atoms with Crippen LogP contribution in [0.15, 0.2) is 0 Å². The van der Waals surface area contributed by atoms with Crippen molar-refractivity contribution in [1.82, 2.24) is 20.4 Å². The molecule has 3 rings (SSSR count). The Kier molecular flexibility index (Phi) is 6.09. The molecule has 2 saturated heterocycles. The molecule has 1 amide bonds. The summed E-state index contributed by atoms with van der Waals surface area (Å²) < 4.78 is 1.91. The first-order chi connectivity index (χ1) is 10.5. The smallest absolute Gasteiger partial charge is 0.220 e. The largest absolute Gasteiger partial charge is 0.356 e. The predicted octanol–water partition coefficient (Wildman–Crippen LogP) is 2.04. The molecular weight excluding hydrogens is 312 g/mol. The number of amides is 1. The first-order valence-corrected chi connectivity index (χ1v) is 8.54. The van der Waals surface area contributed by atoms with Crippen LogP contribution in [-0.4, -0.2) is 34.3 Å². The predicted molar refractivity (Wildman–Crippen MR) is 93.9 cm³/mol. The first kappa shape index (κ1) is 18.3. The maximum atomic E-state index is 12.2. The van der Waals surface area contributed by atoms with Gasteiger partial charge >= 0.3 is 0 Å². The van der Waals surface area contributed by atoms with Crippen molar-refractivity contribution in [2.75, 3.05) is 6.54 Å². The second kappa shape index (κ2) is 7.67. The summed E-state index contributed by atoms with van der Waals surface area (Å²) in [5.74, 6) is 0.783. The van der Waals surface area contributed by atoms with Crippen molar-refractivity contribution in [3.8, 4) is 0 Å². The SMILES string of the molecule is Cc1nn(C)c(C)c1CCNC(=O)CC1CC2CCC(C1)N2.Cl. The van der Waals surface area contributed by atoms with E-state index >= 15 is 0 Å². The van der Waals surface area contributed by atoms with Crippen molar-refractivity contribution in [3.05, 3.63) is 17.0 Å². The van der Waals surface area contributed by atoms with Crippen LogP contribution in [0.25, 0.3) is 0 Å². The van der Waals surface area contributed by atoms with Gasteiger partial charge in [0.2, 0.25) is 5.91 Å². The summed E-state index contributed by atoms with van der Waals surface area (Å²) in [6.07, 6.45) is 6.49. The maximum absolute atomic E-state index is 12.2. The third-order valence-corrected chi connectivity index (χ3v) is 5.40. The second-order valence-corrected chi connectivity index (χ2v) is 7.05. The number of hydrogen-bond acceptors (Lipinski definition) is 3. The number of aryl methyl sites for hydroxylation is 2. The molecule has 2 bridgehead atoms. The highest BCUT2D eigenvalue weighted by Gasteiger charge is 2.34. The van der Waals surface area contributed by atoms with Crippen LogP contribution in [0.4, 0.5) is 0 Å². The molecule has 2 aliphatic rings. The van der Waals surface area contributed by atoms with Crippen LogP contribution < -0.4 is 10.6 Å². The molecule has 130 valence electrons. The first-order valence-electron chi connectivity index (χ1n) is 8.54. The lowest BCUT2D eigenvalue weighted by molar-refractivity contribution is -0.122. The maximum Gasteiger partial charge on any atom is 0.220 e. The van der Waals surface area contributed by atoms with E-state index in [0.717, 1.165) is 12.1 Å². The van der Waals surface area contributed by atoms with E-state index in [1.54, 1.807) is 0 Å². The van der Waals surface area contributed by atoms with Crippen molar-refractivity contribution in [1.29, 1.82) is 0 Å². The van der Waals surface area contributed by atoms with Crippen LogP contribution in [0, 0.1) is 19.8 Å². The van der Waals surface area contributed by atoms with E-state index in [-0.39, 0.29) is 18.3 Å². The van der Waals surface area contributed by atoms with Gasteiger partial charge in [-0.25, -0.2) is 0 Å². The molecule has 23 heavy (non-hydrogen) atoms. The minimum atomic E-state index is 0. The summed E-state index contributed by atoms with van der Waals surface area (Å²) in [5, 5.41) is 11.2. The summed E-state index contributed by atoms with van der Waals surface area (Å²) in [7, 11) is 1.97. The third kappa shape index (κ3) is 4.27. The quantitative estimate of drug-likeness (QED) is 0.862. The van der Waals surface area contributed by atoms with E-state index in [2.05, 4.69) is 22.7 Å². The molecule has 2 N–H and O–H groups in total. The fraction of sp³-hybridized carbons (Fsp3) is 0.765. The van der Waals surface area contributed by atoms with Crippen molar-refractivity contribution < 1.29 is 4.79 Å². The Morgan fingerprint density at radius 3 is 2.52 bits per heavy atom. The Balaban J connectivity index is 0.00000192. The van der Waals surface area contributed by atoms with Gasteiger partial charge in [-0.1, -0.05) is 0 Å². The Morgan fingerprint density at radius 1 is 1.30 bits per heavy atom. The molecular formula is C17H29ClN4O. The van der Waals surface area contributed by atoms with Crippen LogP contribution in [-0.2, 0) is 18.3 Å². The molecule has 1 aromatic heterocycles. The molecule has 1 aromatic rings. The molecule has 2 atom stereocenters. The van der Waals surface area contributed by atoms with Gasteiger partial charge in [-0.2, -0.15) is 5.10 Å². The molecule has 3 heterocycles. The zero-order valence-corrected chi connectivity index (χ0v) is 15.2. The number of nitrogens with zero attached hydrogens (tertiary/aromatic N) is 2. The number of carbonyl (C=O) groups is 1. The Morgan fingerprint density at radius 2 is 1.96 bits per heavy atom. The van der Waals surface area contributed by atoms with Gasteiger partial charge in [0.15, 0.2) is 0 Å². The van der Waals surface area contributed by atoms with Gasteiger partial charge in [0.1, 0.15) is 0 Å². The zero-order chi connectivity index (χ0) is 15.7. The number of halogens is 1. The highest BCUT2D eigenvalue weighted by molar-refractivity contribution is 5.85. The van der Waals surface area contributed by atoms with Crippen molar-refractivity contribution in [2.45, 2.75) is 64.5 Å². The molecule has 2 aliphatic heterocycles. The average molecular weight is 341 g/mol. The van der Waals surface area contributed by atoms with Crippen molar-refractivity contribution in [2.24, 2.45) is 13.0 Å². The van der Waals surface area contributed by atoms with Gasteiger partial charge in [-0.05, 0) is 57.4 Å². The van der Waals surface area contributed by atoms with Gasteiger partial charge < -0.3 is 10.6 Å². The van der Waals surface area contributed by atoms with Gasteiger partial charge in [0, 0.05) is 37.8 Å². The highest BCUT2D eigenvalue weighted by atomic mass is 35.5. The number of nitrogens with one attached hydrogen (secondary N) is 2. The lowest BCUT2D eigenvalue weighted by Crippen LogP contribution is -2.39.